The zero-order valence-electron chi connectivity index (χ0n) is 19.2. The summed E-state index contributed by atoms with van der Waals surface area (Å²) in [6.07, 6.45) is 4.37. The van der Waals surface area contributed by atoms with Crippen molar-refractivity contribution in [1.82, 2.24) is 25.5 Å². The minimum atomic E-state index is -0.455. The SMILES string of the molecule is CCCC(=O)N1CCCC(C(=O)NNC(=O)c2cn(-c3ccccc3)nc2-c2ccccc2)C1. The van der Waals surface area contributed by atoms with E-state index in [1.165, 1.54) is 0 Å². The largest absolute Gasteiger partial charge is 0.342 e. The lowest BCUT2D eigenvalue weighted by molar-refractivity contribution is -0.136. The van der Waals surface area contributed by atoms with E-state index in [0.717, 1.165) is 24.1 Å². The molecule has 1 fully saturated rings. The van der Waals surface area contributed by atoms with Crippen molar-refractivity contribution in [2.75, 3.05) is 13.1 Å². The number of hydrogen-bond donors (Lipinski definition) is 2. The molecule has 34 heavy (non-hydrogen) atoms. The number of hydrazine groups is 1. The third-order valence-electron chi connectivity index (χ3n) is 5.93. The van der Waals surface area contributed by atoms with Gasteiger partial charge in [0.05, 0.1) is 17.2 Å². The molecule has 1 aliphatic heterocycles. The van der Waals surface area contributed by atoms with Crippen LogP contribution in [0, 0.1) is 5.92 Å². The second-order valence-electron chi connectivity index (χ2n) is 8.41. The van der Waals surface area contributed by atoms with E-state index in [-0.39, 0.29) is 17.7 Å². The fourth-order valence-electron chi connectivity index (χ4n) is 4.14. The molecule has 1 aromatic heterocycles. The summed E-state index contributed by atoms with van der Waals surface area (Å²) >= 11 is 0. The maximum atomic E-state index is 13.1. The number of amides is 3. The van der Waals surface area contributed by atoms with Gasteiger partial charge in [-0.05, 0) is 31.4 Å². The summed E-state index contributed by atoms with van der Waals surface area (Å²) in [6.45, 7) is 3.01. The molecule has 1 unspecified atom stereocenters. The number of rotatable bonds is 6. The summed E-state index contributed by atoms with van der Waals surface area (Å²) < 4.78 is 1.65. The number of piperidine rings is 1. The van der Waals surface area contributed by atoms with Crippen LogP contribution >= 0.6 is 0 Å². The summed E-state index contributed by atoms with van der Waals surface area (Å²) in [6, 6.07) is 19.0. The van der Waals surface area contributed by atoms with Gasteiger partial charge in [0.2, 0.25) is 11.8 Å². The number of nitrogens with zero attached hydrogens (tertiary/aromatic N) is 3. The minimum Gasteiger partial charge on any atom is -0.342 e. The second kappa shape index (κ2) is 10.8. The van der Waals surface area contributed by atoms with Gasteiger partial charge in [-0.15, -0.1) is 0 Å². The number of carbonyl (C=O) groups is 3. The first-order valence-corrected chi connectivity index (χ1v) is 11.6. The highest BCUT2D eigenvalue weighted by Gasteiger charge is 2.28. The van der Waals surface area contributed by atoms with Gasteiger partial charge in [-0.25, -0.2) is 4.68 Å². The van der Waals surface area contributed by atoms with E-state index in [1.54, 1.807) is 15.8 Å². The van der Waals surface area contributed by atoms with E-state index in [2.05, 4.69) is 16.0 Å². The fourth-order valence-corrected chi connectivity index (χ4v) is 4.14. The minimum absolute atomic E-state index is 0.0739. The Bertz CT molecular complexity index is 1140. The molecule has 3 aromatic rings. The van der Waals surface area contributed by atoms with Crippen LogP contribution in [0.5, 0.6) is 0 Å². The Balaban J connectivity index is 1.48. The lowest BCUT2D eigenvalue weighted by Gasteiger charge is -2.32. The van der Waals surface area contributed by atoms with Crippen molar-refractivity contribution >= 4 is 17.7 Å². The molecule has 1 saturated heterocycles. The molecule has 1 aliphatic rings. The summed E-state index contributed by atoms with van der Waals surface area (Å²) in [7, 11) is 0. The van der Waals surface area contributed by atoms with E-state index in [4.69, 9.17) is 0 Å². The zero-order valence-corrected chi connectivity index (χ0v) is 19.2. The normalized spacial score (nSPS) is 15.6. The number of aromatic nitrogens is 2. The Morgan fingerprint density at radius 3 is 2.41 bits per heavy atom. The smallest absolute Gasteiger partial charge is 0.273 e. The van der Waals surface area contributed by atoms with Gasteiger partial charge in [0.15, 0.2) is 0 Å². The van der Waals surface area contributed by atoms with Crippen molar-refractivity contribution < 1.29 is 14.4 Å². The Labute approximate surface area is 198 Å². The van der Waals surface area contributed by atoms with Crippen molar-refractivity contribution in [3.63, 3.8) is 0 Å². The number of benzene rings is 2. The van der Waals surface area contributed by atoms with Gasteiger partial charge in [-0.1, -0.05) is 55.5 Å². The molecule has 0 aliphatic carbocycles. The predicted octanol–water partition coefficient (Wildman–Crippen LogP) is 3.34. The van der Waals surface area contributed by atoms with Crippen LogP contribution in [0.2, 0.25) is 0 Å². The van der Waals surface area contributed by atoms with E-state index < -0.39 is 5.91 Å². The van der Waals surface area contributed by atoms with Crippen molar-refractivity contribution in [3.05, 3.63) is 72.4 Å². The topological polar surface area (TPSA) is 96.3 Å². The molecule has 0 saturated carbocycles. The number of hydrogen-bond acceptors (Lipinski definition) is 4. The van der Waals surface area contributed by atoms with Crippen molar-refractivity contribution in [1.29, 1.82) is 0 Å². The average Bonchev–Trinajstić information content (AvgIpc) is 3.34. The van der Waals surface area contributed by atoms with Gasteiger partial charge in [0.25, 0.3) is 5.91 Å². The Morgan fingerprint density at radius 1 is 1.00 bits per heavy atom. The zero-order chi connectivity index (χ0) is 23.9. The molecule has 4 rings (SSSR count). The summed E-state index contributed by atoms with van der Waals surface area (Å²) in [5, 5.41) is 4.63. The molecule has 176 valence electrons. The monoisotopic (exact) mass is 459 g/mol. The van der Waals surface area contributed by atoms with Crippen molar-refractivity contribution in [3.8, 4) is 16.9 Å². The number of carbonyl (C=O) groups excluding carboxylic acids is 3. The van der Waals surface area contributed by atoms with Crippen LogP contribution in [0.3, 0.4) is 0 Å². The van der Waals surface area contributed by atoms with E-state index >= 15 is 0 Å². The maximum absolute atomic E-state index is 13.1. The highest BCUT2D eigenvalue weighted by atomic mass is 16.2. The van der Waals surface area contributed by atoms with Crippen molar-refractivity contribution in [2.45, 2.75) is 32.6 Å². The molecule has 8 heteroatoms. The molecule has 0 bridgehead atoms. The highest BCUT2D eigenvalue weighted by molar-refractivity contribution is 6.00. The van der Waals surface area contributed by atoms with Crippen LogP contribution in [0.4, 0.5) is 0 Å². The van der Waals surface area contributed by atoms with E-state index in [0.29, 0.717) is 37.2 Å². The summed E-state index contributed by atoms with van der Waals surface area (Å²) in [4.78, 5) is 39.8. The molecular weight excluding hydrogens is 430 g/mol. The lowest BCUT2D eigenvalue weighted by Crippen LogP contribution is -2.50. The van der Waals surface area contributed by atoms with Gasteiger partial charge in [0, 0.05) is 31.3 Å². The third-order valence-corrected chi connectivity index (χ3v) is 5.93. The summed E-state index contributed by atoms with van der Waals surface area (Å²) in [5.74, 6) is -1.02. The maximum Gasteiger partial charge on any atom is 0.273 e. The van der Waals surface area contributed by atoms with Crippen LogP contribution in [-0.4, -0.2) is 45.5 Å². The molecule has 0 radical (unpaired) electrons. The predicted molar refractivity (Wildman–Crippen MR) is 129 cm³/mol. The lowest BCUT2D eigenvalue weighted by atomic mass is 9.97. The van der Waals surface area contributed by atoms with Gasteiger partial charge >= 0.3 is 0 Å². The van der Waals surface area contributed by atoms with Gasteiger partial charge in [-0.2, -0.15) is 5.10 Å². The molecule has 2 heterocycles. The van der Waals surface area contributed by atoms with Crippen LogP contribution in [0.25, 0.3) is 16.9 Å². The molecule has 2 aromatic carbocycles. The molecule has 0 spiro atoms. The number of likely N-dealkylation sites (tertiary alicyclic amines) is 1. The van der Waals surface area contributed by atoms with Gasteiger partial charge < -0.3 is 4.90 Å². The first kappa shape index (κ1) is 23.2. The second-order valence-corrected chi connectivity index (χ2v) is 8.41. The molecule has 2 N–H and O–H groups in total. The Morgan fingerprint density at radius 2 is 1.71 bits per heavy atom. The Hall–Kier alpha value is -3.94. The number of nitrogens with one attached hydrogen (secondary N) is 2. The first-order chi connectivity index (χ1) is 16.6. The molecule has 3 amide bonds. The Kier molecular flexibility index (Phi) is 7.37. The van der Waals surface area contributed by atoms with Crippen LogP contribution in [0.1, 0.15) is 43.0 Å². The van der Waals surface area contributed by atoms with Crippen molar-refractivity contribution in [2.24, 2.45) is 5.92 Å². The van der Waals surface area contributed by atoms with Crippen LogP contribution in [-0.2, 0) is 9.59 Å². The van der Waals surface area contributed by atoms with Gasteiger partial charge in [-0.3, -0.25) is 25.2 Å². The van der Waals surface area contributed by atoms with E-state index in [1.807, 2.05) is 67.6 Å². The fraction of sp³-hybridized carbons (Fsp3) is 0.308. The van der Waals surface area contributed by atoms with Gasteiger partial charge in [0.1, 0.15) is 5.69 Å². The highest BCUT2D eigenvalue weighted by Crippen LogP contribution is 2.24. The molecule has 1 atom stereocenters. The number of para-hydroxylation sites is 1. The molecular formula is C26H29N5O3. The average molecular weight is 460 g/mol. The summed E-state index contributed by atoms with van der Waals surface area (Å²) in [5.41, 5.74) is 7.58. The van der Waals surface area contributed by atoms with Crippen LogP contribution < -0.4 is 10.9 Å². The molecule has 8 nitrogen and oxygen atoms in total. The quantitative estimate of drug-likeness (QED) is 0.553. The first-order valence-electron chi connectivity index (χ1n) is 11.6. The van der Waals surface area contributed by atoms with E-state index in [9.17, 15) is 14.4 Å². The van der Waals surface area contributed by atoms with Crippen LogP contribution in [0.15, 0.2) is 66.9 Å². The standard InChI is InChI=1S/C26H29N5O3/c1-2-10-23(32)30-16-9-13-20(17-30)25(33)27-28-26(34)22-18-31(21-14-7-4-8-15-21)29-24(22)19-11-5-3-6-12-19/h3-8,11-12,14-15,18,20H,2,9-10,13,16-17H2,1H3,(H,27,33)(H,28,34). The third kappa shape index (κ3) is 5.33.